The number of hydrogen-bond donors (Lipinski definition) is 3. The molecule has 0 aromatic heterocycles. The van der Waals surface area contributed by atoms with Gasteiger partial charge in [-0.15, -0.1) is 0 Å². The van der Waals surface area contributed by atoms with E-state index in [1.165, 1.54) is 0 Å². The van der Waals surface area contributed by atoms with E-state index in [-0.39, 0.29) is 29.6 Å². The first-order valence-electron chi connectivity index (χ1n) is 1.71. The summed E-state index contributed by atoms with van der Waals surface area (Å²) in [7, 11) is -12.9. The van der Waals surface area contributed by atoms with Crippen LogP contribution in [0.2, 0.25) is 0 Å². The Balaban J connectivity index is -0.000000150. The second-order valence-corrected chi connectivity index (χ2v) is 5.30. The van der Waals surface area contributed by atoms with E-state index in [0.29, 0.717) is 0 Å². The van der Waals surface area contributed by atoms with Gasteiger partial charge in [-0.2, -0.15) is 8.42 Å². The fourth-order valence-electron chi connectivity index (χ4n) is 0. The molecule has 1 atom stereocenters. The molecule has 0 saturated carbocycles. The van der Waals surface area contributed by atoms with Crippen LogP contribution in [0.25, 0.3) is 0 Å². The zero-order chi connectivity index (χ0) is 10.6. The average Bonchev–Trinajstić information content (AvgIpc) is 1.55. The Morgan fingerprint density at radius 2 is 1.15 bits per heavy atom. The monoisotopic (exact) mass is 266 g/mol. The Kier molecular flexibility index (Phi) is 10.8. The summed E-state index contributed by atoms with van der Waals surface area (Å²) in [5, 5.41) is 0. The summed E-state index contributed by atoms with van der Waals surface area (Å²) in [5.74, 6) is 0. The molecule has 0 aliphatic rings. The smallest absolute Gasteiger partial charge is 0.736 e. The van der Waals surface area contributed by atoms with E-state index >= 15 is 0 Å². The Labute approximate surface area is 97.8 Å². The van der Waals surface area contributed by atoms with Gasteiger partial charge in [0.1, 0.15) is 0 Å². The summed E-state index contributed by atoms with van der Waals surface area (Å²) >= 11 is 0. The minimum Gasteiger partial charge on any atom is -0.736 e. The molecule has 0 radical (unpaired) electrons. The minimum atomic E-state index is -4.96. The first kappa shape index (κ1) is 19.5. The summed E-state index contributed by atoms with van der Waals surface area (Å²) in [6.45, 7) is 0. The van der Waals surface area contributed by atoms with Crippen molar-refractivity contribution in [3.05, 3.63) is 0 Å². The Bertz CT molecular complexity index is 323. The van der Waals surface area contributed by atoms with Gasteiger partial charge in [0.2, 0.25) is 9.15 Å². The zero-order valence-electron chi connectivity index (χ0n) is 6.02. The molecular weight excluding hydrogens is 263 g/mol. The van der Waals surface area contributed by atoms with Gasteiger partial charge < -0.3 is 4.55 Å². The van der Waals surface area contributed by atoms with Gasteiger partial charge in [-0.3, -0.25) is 13.7 Å². The summed E-state index contributed by atoms with van der Waals surface area (Å²) in [6, 6.07) is 0. The van der Waals surface area contributed by atoms with Crippen molar-refractivity contribution in [3.63, 3.8) is 0 Å². The van der Waals surface area contributed by atoms with Crippen molar-refractivity contribution in [2.45, 2.75) is 0 Å². The maximum Gasteiger partial charge on any atom is 1.00 e. The van der Waals surface area contributed by atoms with Gasteiger partial charge in [0, 0.05) is 0 Å². The predicted octanol–water partition coefficient (Wildman–Crippen LogP) is -4.98. The van der Waals surface area contributed by atoms with Crippen LogP contribution in [0.5, 0.6) is 0 Å². The van der Waals surface area contributed by atoms with E-state index in [1.54, 1.807) is 0 Å². The van der Waals surface area contributed by atoms with Crippen molar-refractivity contribution >= 4 is 29.7 Å². The quantitative estimate of drug-likeness (QED) is 0.182. The molecular formula is H3NaO9S3. The van der Waals surface area contributed by atoms with Crippen LogP contribution >= 0.6 is 0 Å². The van der Waals surface area contributed by atoms with E-state index < -0.39 is 29.7 Å². The Hall–Kier alpha value is 0.890. The van der Waals surface area contributed by atoms with Crippen molar-refractivity contribution in [3.8, 4) is 0 Å². The van der Waals surface area contributed by atoms with Crippen molar-refractivity contribution in [2.75, 3.05) is 0 Å². The average molecular weight is 266 g/mol. The normalized spacial score (nSPS) is 13.2. The predicted molar refractivity (Wildman–Crippen MR) is 34.6 cm³/mol. The molecule has 9 nitrogen and oxygen atoms in total. The molecule has 0 spiro atoms. The summed E-state index contributed by atoms with van der Waals surface area (Å²) in [6.07, 6.45) is 0. The maximum atomic E-state index is 9.23. The zero-order valence-corrected chi connectivity index (χ0v) is 10.5. The molecule has 13 heteroatoms. The van der Waals surface area contributed by atoms with Crippen LogP contribution in [0.15, 0.2) is 0 Å². The van der Waals surface area contributed by atoms with Crippen molar-refractivity contribution < 1.29 is 68.8 Å². The third-order valence-corrected chi connectivity index (χ3v) is 1.57. The van der Waals surface area contributed by atoms with E-state index in [4.69, 9.17) is 22.1 Å². The topological polar surface area (TPSA) is 169 Å². The molecule has 76 valence electrons. The molecule has 0 aliphatic heterocycles. The van der Waals surface area contributed by atoms with Crippen molar-refractivity contribution in [1.82, 2.24) is 0 Å². The molecule has 0 amide bonds. The van der Waals surface area contributed by atoms with Gasteiger partial charge in [-0.25, -0.2) is 12.6 Å². The molecule has 0 aromatic rings. The molecule has 0 saturated heterocycles. The third kappa shape index (κ3) is 32.2. The molecule has 0 aromatic carbocycles. The standard InChI is InChI=1S/Na.H2O5S2.H2O4S/c;1-6(2)7(3,4)5;1-5(2,3)4/h;(H,1,2)(H,3,4,5);(H2,1,2,3,4)/q+1;;/p-1. The van der Waals surface area contributed by atoms with Crippen LogP contribution in [0.3, 0.4) is 0 Å². The van der Waals surface area contributed by atoms with Crippen LogP contribution in [-0.2, 0) is 29.7 Å². The molecule has 13 heavy (non-hydrogen) atoms. The maximum absolute atomic E-state index is 9.23. The molecule has 0 heterocycles. The summed E-state index contributed by atoms with van der Waals surface area (Å²) < 4.78 is 76.0. The summed E-state index contributed by atoms with van der Waals surface area (Å²) in [5.41, 5.74) is 0. The van der Waals surface area contributed by atoms with Gasteiger partial charge in [0.15, 0.2) is 0 Å². The first-order chi connectivity index (χ1) is 4.94. The van der Waals surface area contributed by atoms with Crippen LogP contribution in [0, 0.1) is 0 Å². The van der Waals surface area contributed by atoms with Crippen LogP contribution in [0.4, 0.5) is 0 Å². The van der Waals surface area contributed by atoms with Gasteiger partial charge in [-0.05, 0) is 0 Å². The molecule has 1 unspecified atom stereocenters. The van der Waals surface area contributed by atoms with Crippen molar-refractivity contribution in [2.24, 2.45) is 0 Å². The second-order valence-electron chi connectivity index (χ2n) is 1.07. The first-order valence-corrected chi connectivity index (χ1v) is 6.14. The van der Waals surface area contributed by atoms with Crippen LogP contribution in [-0.4, -0.2) is 39.3 Å². The molecule has 0 bridgehead atoms. The van der Waals surface area contributed by atoms with Gasteiger partial charge in [0.25, 0.3) is 10.1 Å². The fraction of sp³-hybridized carbons (Fsp3) is 0. The number of hydrogen-bond acceptors (Lipinski definition) is 6. The van der Waals surface area contributed by atoms with E-state index in [0.717, 1.165) is 0 Å². The van der Waals surface area contributed by atoms with Crippen molar-refractivity contribution in [1.29, 1.82) is 0 Å². The second kappa shape index (κ2) is 7.22. The molecule has 3 N–H and O–H groups in total. The Morgan fingerprint density at radius 1 is 1.08 bits per heavy atom. The third-order valence-electron chi connectivity index (χ3n) is 0.175. The Morgan fingerprint density at radius 3 is 1.15 bits per heavy atom. The van der Waals surface area contributed by atoms with Crippen LogP contribution < -0.4 is 29.6 Å². The number of rotatable bonds is 1. The van der Waals surface area contributed by atoms with Gasteiger partial charge in [0.05, 0.1) is 0 Å². The molecule has 0 aliphatic carbocycles. The van der Waals surface area contributed by atoms with E-state index in [9.17, 15) is 17.2 Å². The van der Waals surface area contributed by atoms with Crippen LogP contribution in [0.1, 0.15) is 0 Å². The van der Waals surface area contributed by atoms with E-state index in [2.05, 4.69) is 0 Å². The molecule has 0 fully saturated rings. The van der Waals surface area contributed by atoms with Gasteiger partial charge in [-0.1, -0.05) is 0 Å². The van der Waals surface area contributed by atoms with E-state index in [1.807, 2.05) is 0 Å². The SMILES string of the molecule is O=S(=O)(O)O.O=S(O)S(=O)(=O)[O-].[Na+]. The summed E-state index contributed by atoms with van der Waals surface area (Å²) in [4.78, 5) is 0. The minimum absolute atomic E-state index is 0. The van der Waals surface area contributed by atoms with Gasteiger partial charge >= 0.3 is 40.0 Å². The fourth-order valence-corrected chi connectivity index (χ4v) is 0. The largest absolute Gasteiger partial charge is 1.00 e. The molecule has 0 rings (SSSR count).